The highest BCUT2D eigenvalue weighted by molar-refractivity contribution is 5.80. The van der Waals surface area contributed by atoms with Crippen LogP contribution in [0.3, 0.4) is 0 Å². The summed E-state index contributed by atoms with van der Waals surface area (Å²) >= 11 is 0. The summed E-state index contributed by atoms with van der Waals surface area (Å²) in [6.07, 6.45) is 3.14. The third-order valence-electron chi connectivity index (χ3n) is 3.96. The van der Waals surface area contributed by atoms with Gasteiger partial charge in [0.05, 0.1) is 24.0 Å². The summed E-state index contributed by atoms with van der Waals surface area (Å²) in [6, 6.07) is 9.87. The number of benzene rings is 1. The molecule has 0 saturated carbocycles. The van der Waals surface area contributed by atoms with Gasteiger partial charge in [0.25, 0.3) is 0 Å². The minimum Gasteiger partial charge on any atom is -0.487 e. The Morgan fingerprint density at radius 1 is 1.30 bits per heavy atom. The third kappa shape index (κ3) is 3.65. The van der Waals surface area contributed by atoms with E-state index in [0.717, 1.165) is 12.1 Å². The molecule has 1 aliphatic rings. The number of primary amides is 1. The fourth-order valence-corrected chi connectivity index (χ4v) is 2.66. The molecule has 0 radical (unpaired) electrons. The van der Waals surface area contributed by atoms with Crippen LogP contribution >= 0.6 is 0 Å². The molecule has 23 heavy (non-hydrogen) atoms. The van der Waals surface area contributed by atoms with E-state index in [-0.39, 0.29) is 30.4 Å². The molecular formula is C17H18FN3O2. The van der Waals surface area contributed by atoms with Crippen molar-refractivity contribution in [2.45, 2.75) is 31.5 Å². The molecule has 2 aromatic rings. The number of rotatable bonds is 5. The maximum atomic E-state index is 13.5. The summed E-state index contributed by atoms with van der Waals surface area (Å²) < 4.78 is 19.1. The maximum Gasteiger partial charge on any atom is 0.234 e. The second-order valence-corrected chi connectivity index (χ2v) is 5.55. The first-order chi connectivity index (χ1) is 11.1. The predicted molar refractivity (Wildman–Crippen MR) is 83.1 cm³/mol. The molecule has 1 aliphatic heterocycles. The number of carbonyl (C=O) groups excluding carboxylic acids is 1. The number of aromatic nitrogens is 1. The molecule has 0 spiro atoms. The van der Waals surface area contributed by atoms with Gasteiger partial charge in [0.15, 0.2) is 0 Å². The van der Waals surface area contributed by atoms with Crippen molar-refractivity contribution in [2.75, 3.05) is 0 Å². The summed E-state index contributed by atoms with van der Waals surface area (Å²) in [5.41, 5.74) is 6.63. The van der Waals surface area contributed by atoms with Crippen molar-refractivity contribution < 1.29 is 13.9 Å². The number of pyridine rings is 1. The van der Waals surface area contributed by atoms with Gasteiger partial charge >= 0.3 is 0 Å². The van der Waals surface area contributed by atoms with Gasteiger partial charge in [-0.15, -0.1) is 0 Å². The van der Waals surface area contributed by atoms with Gasteiger partial charge in [0, 0.05) is 5.56 Å². The van der Waals surface area contributed by atoms with Crippen molar-refractivity contribution in [1.82, 2.24) is 10.3 Å². The number of ether oxygens (including phenoxy) is 1. The monoisotopic (exact) mass is 315 g/mol. The average Bonchev–Trinajstić information content (AvgIpc) is 3.05. The lowest BCUT2D eigenvalue weighted by molar-refractivity contribution is -0.119. The Labute approximate surface area is 133 Å². The van der Waals surface area contributed by atoms with Gasteiger partial charge in [-0.2, -0.15) is 0 Å². The van der Waals surface area contributed by atoms with Crippen LogP contribution in [0.5, 0.6) is 5.75 Å². The largest absolute Gasteiger partial charge is 0.487 e. The van der Waals surface area contributed by atoms with Gasteiger partial charge < -0.3 is 10.5 Å². The van der Waals surface area contributed by atoms with Crippen LogP contribution in [0.1, 0.15) is 30.1 Å². The molecule has 1 fully saturated rings. The lowest BCUT2D eigenvalue weighted by Gasteiger charge is -2.12. The van der Waals surface area contributed by atoms with Crippen molar-refractivity contribution >= 4 is 5.91 Å². The highest BCUT2D eigenvalue weighted by Crippen LogP contribution is 2.26. The SMILES string of the molecule is NC(=O)[C@@H]1CC[C@H](c2ccc(OCc3ccccc3F)cn2)N1. The van der Waals surface area contributed by atoms with E-state index >= 15 is 0 Å². The first-order valence-corrected chi connectivity index (χ1v) is 7.51. The van der Waals surface area contributed by atoms with Crippen molar-refractivity contribution in [3.05, 3.63) is 59.7 Å². The Morgan fingerprint density at radius 2 is 2.13 bits per heavy atom. The highest BCUT2D eigenvalue weighted by Gasteiger charge is 2.29. The second kappa shape index (κ2) is 6.75. The number of nitrogens with two attached hydrogens (primary N) is 1. The van der Waals surface area contributed by atoms with Crippen LogP contribution < -0.4 is 15.8 Å². The topological polar surface area (TPSA) is 77.2 Å². The minimum absolute atomic E-state index is 0.0214. The smallest absolute Gasteiger partial charge is 0.234 e. The van der Waals surface area contributed by atoms with Crippen molar-refractivity contribution in [3.8, 4) is 5.75 Å². The number of nitrogens with zero attached hydrogens (tertiary/aromatic N) is 1. The van der Waals surface area contributed by atoms with Crippen LogP contribution in [-0.2, 0) is 11.4 Å². The number of hydrogen-bond donors (Lipinski definition) is 2. The van der Waals surface area contributed by atoms with Gasteiger partial charge in [-0.3, -0.25) is 15.1 Å². The quantitative estimate of drug-likeness (QED) is 0.885. The summed E-state index contributed by atoms with van der Waals surface area (Å²) in [4.78, 5) is 15.5. The van der Waals surface area contributed by atoms with Gasteiger partial charge in [-0.25, -0.2) is 4.39 Å². The standard InChI is InChI=1S/C17H18FN3O2/c18-13-4-2-1-3-11(13)10-23-12-5-6-14(20-9-12)15-7-8-16(21-15)17(19)22/h1-6,9,15-16,21H,7-8,10H2,(H2,19,22)/t15-,16+/m1/s1. The van der Waals surface area contributed by atoms with Crippen LogP contribution in [-0.4, -0.2) is 16.9 Å². The molecule has 2 heterocycles. The summed E-state index contributed by atoms with van der Waals surface area (Å²) in [7, 11) is 0. The molecule has 0 unspecified atom stereocenters. The van der Waals surface area contributed by atoms with E-state index in [9.17, 15) is 9.18 Å². The molecule has 120 valence electrons. The molecule has 0 bridgehead atoms. The summed E-state index contributed by atoms with van der Waals surface area (Å²) in [5.74, 6) is -0.0523. The molecule has 1 amide bonds. The van der Waals surface area contributed by atoms with E-state index in [0.29, 0.717) is 17.7 Å². The van der Waals surface area contributed by atoms with Crippen LogP contribution in [0, 0.1) is 5.82 Å². The molecule has 1 saturated heterocycles. The first-order valence-electron chi connectivity index (χ1n) is 7.51. The maximum absolute atomic E-state index is 13.5. The van der Waals surface area contributed by atoms with Crippen molar-refractivity contribution in [3.63, 3.8) is 0 Å². The summed E-state index contributed by atoms with van der Waals surface area (Å²) in [6.45, 7) is 0.152. The summed E-state index contributed by atoms with van der Waals surface area (Å²) in [5, 5.41) is 3.16. The lowest BCUT2D eigenvalue weighted by Crippen LogP contribution is -2.37. The van der Waals surface area contributed by atoms with E-state index in [4.69, 9.17) is 10.5 Å². The average molecular weight is 315 g/mol. The third-order valence-corrected chi connectivity index (χ3v) is 3.96. The number of hydrogen-bond acceptors (Lipinski definition) is 4. The zero-order valence-corrected chi connectivity index (χ0v) is 12.5. The van der Waals surface area contributed by atoms with Crippen LogP contribution in [0.15, 0.2) is 42.6 Å². The Hall–Kier alpha value is -2.47. The Balaban J connectivity index is 1.59. The van der Waals surface area contributed by atoms with Gasteiger partial charge in [0.1, 0.15) is 18.2 Å². The zero-order valence-electron chi connectivity index (χ0n) is 12.5. The number of carbonyl (C=O) groups is 1. The van der Waals surface area contributed by atoms with E-state index in [1.54, 1.807) is 30.5 Å². The molecule has 3 N–H and O–H groups in total. The van der Waals surface area contributed by atoms with E-state index in [2.05, 4.69) is 10.3 Å². The molecule has 0 aliphatic carbocycles. The van der Waals surface area contributed by atoms with Crippen LogP contribution in [0.4, 0.5) is 4.39 Å². The van der Waals surface area contributed by atoms with Gasteiger partial charge in [-0.1, -0.05) is 18.2 Å². The molecular weight excluding hydrogens is 297 g/mol. The Morgan fingerprint density at radius 3 is 2.78 bits per heavy atom. The lowest BCUT2D eigenvalue weighted by atomic mass is 10.1. The fourth-order valence-electron chi connectivity index (χ4n) is 2.66. The van der Waals surface area contributed by atoms with E-state index < -0.39 is 0 Å². The normalized spacial score (nSPS) is 20.4. The van der Waals surface area contributed by atoms with E-state index in [1.807, 2.05) is 6.07 Å². The predicted octanol–water partition coefficient (Wildman–Crippen LogP) is 2.08. The zero-order chi connectivity index (χ0) is 16.2. The Bertz CT molecular complexity index is 690. The second-order valence-electron chi connectivity index (χ2n) is 5.55. The van der Waals surface area contributed by atoms with Crippen molar-refractivity contribution in [1.29, 1.82) is 0 Å². The molecule has 3 rings (SSSR count). The van der Waals surface area contributed by atoms with E-state index in [1.165, 1.54) is 6.07 Å². The van der Waals surface area contributed by atoms with Crippen molar-refractivity contribution in [2.24, 2.45) is 5.73 Å². The first kappa shape index (κ1) is 15.4. The highest BCUT2D eigenvalue weighted by atomic mass is 19.1. The van der Waals surface area contributed by atoms with Crippen LogP contribution in [0.25, 0.3) is 0 Å². The molecule has 1 aromatic carbocycles. The molecule has 1 aromatic heterocycles. The number of amides is 1. The minimum atomic E-state index is -0.336. The number of halogens is 1. The fraction of sp³-hybridized carbons (Fsp3) is 0.294. The van der Waals surface area contributed by atoms with Gasteiger partial charge in [0.2, 0.25) is 5.91 Å². The Kier molecular flexibility index (Phi) is 4.52. The molecule has 2 atom stereocenters. The van der Waals surface area contributed by atoms with Crippen LogP contribution in [0.2, 0.25) is 0 Å². The van der Waals surface area contributed by atoms with Gasteiger partial charge in [-0.05, 0) is 31.0 Å². The number of nitrogens with one attached hydrogen (secondary N) is 1. The molecule has 5 nitrogen and oxygen atoms in total. The molecule has 6 heteroatoms.